The Balaban J connectivity index is 2.10. The molecule has 0 unspecified atom stereocenters. The molecule has 0 atom stereocenters. The van der Waals surface area contributed by atoms with Crippen LogP contribution in [0.3, 0.4) is 0 Å². The number of rotatable bonds is 7. The molecule has 1 aromatic heterocycles. The van der Waals surface area contributed by atoms with Crippen LogP contribution in [0.25, 0.3) is 0 Å². The average Bonchev–Trinajstić information content (AvgIpc) is 2.95. The van der Waals surface area contributed by atoms with E-state index >= 15 is 0 Å². The third kappa shape index (κ3) is 4.61. The lowest BCUT2D eigenvalue weighted by molar-refractivity contribution is -0.114. The molecule has 2 rings (SSSR count). The summed E-state index contributed by atoms with van der Waals surface area (Å²) in [7, 11) is 0. The van der Waals surface area contributed by atoms with E-state index in [0.29, 0.717) is 21.8 Å². The zero-order valence-electron chi connectivity index (χ0n) is 15.0. The highest BCUT2D eigenvalue weighted by atomic mass is 32.1. The number of aryl methyl sites for hydroxylation is 1. The Morgan fingerprint density at radius 1 is 1.31 bits per heavy atom. The van der Waals surface area contributed by atoms with E-state index < -0.39 is 5.97 Å². The SMILES string of the molecule is CCOC(=O)c1c(NC(=O)CNc2cccc(C#N)c2)sc(CC)c1C. The summed E-state index contributed by atoms with van der Waals surface area (Å²) in [6, 6.07) is 8.94. The van der Waals surface area contributed by atoms with Gasteiger partial charge in [0.25, 0.3) is 0 Å². The van der Waals surface area contributed by atoms with E-state index in [1.807, 2.05) is 13.8 Å². The van der Waals surface area contributed by atoms with Crippen molar-refractivity contribution in [3.05, 3.63) is 45.8 Å². The molecule has 0 saturated carbocycles. The fourth-order valence-electron chi connectivity index (χ4n) is 2.49. The van der Waals surface area contributed by atoms with E-state index in [9.17, 15) is 9.59 Å². The van der Waals surface area contributed by atoms with Gasteiger partial charge < -0.3 is 15.4 Å². The van der Waals surface area contributed by atoms with Crippen LogP contribution in [-0.4, -0.2) is 25.0 Å². The van der Waals surface area contributed by atoms with Crippen molar-refractivity contribution in [2.45, 2.75) is 27.2 Å². The van der Waals surface area contributed by atoms with E-state index in [-0.39, 0.29) is 19.1 Å². The number of nitriles is 1. The van der Waals surface area contributed by atoms with Crippen LogP contribution in [-0.2, 0) is 16.0 Å². The third-order valence-electron chi connectivity index (χ3n) is 3.74. The number of esters is 1. The molecule has 26 heavy (non-hydrogen) atoms. The number of nitrogens with one attached hydrogen (secondary N) is 2. The Bertz CT molecular complexity index is 852. The first-order valence-electron chi connectivity index (χ1n) is 8.33. The summed E-state index contributed by atoms with van der Waals surface area (Å²) < 4.78 is 5.11. The summed E-state index contributed by atoms with van der Waals surface area (Å²) in [6.45, 7) is 5.92. The van der Waals surface area contributed by atoms with Crippen molar-refractivity contribution in [1.82, 2.24) is 0 Å². The predicted octanol–water partition coefficient (Wildman–Crippen LogP) is 3.72. The van der Waals surface area contributed by atoms with Crippen LogP contribution in [0.2, 0.25) is 0 Å². The van der Waals surface area contributed by atoms with Crippen LogP contribution in [0.15, 0.2) is 24.3 Å². The van der Waals surface area contributed by atoms with Gasteiger partial charge >= 0.3 is 5.97 Å². The number of carbonyl (C=O) groups excluding carboxylic acids is 2. The van der Waals surface area contributed by atoms with Gasteiger partial charge in [0, 0.05) is 10.6 Å². The largest absolute Gasteiger partial charge is 0.462 e. The van der Waals surface area contributed by atoms with E-state index in [2.05, 4.69) is 16.7 Å². The Morgan fingerprint density at radius 3 is 2.73 bits per heavy atom. The smallest absolute Gasteiger partial charge is 0.341 e. The van der Waals surface area contributed by atoms with Gasteiger partial charge in [0.1, 0.15) is 5.00 Å². The van der Waals surface area contributed by atoms with Gasteiger partial charge in [-0.3, -0.25) is 4.79 Å². The van der Waals surface area contributed by atoms with Gasteiger partial charge in [-0.25, -0.2) is 4.79 Å². The summed E-state index contributed by atoms with van der Waals surface area (Å²) in [4.78, 5) is 25.6. The maximum Gasteiger partial charge on any atom is 0.341 e. The molecule has 0 fully saturated rings. The van der Waals surface area contributed by atoms with Crippen molar-refractivity contribution in [3.63, 3.8) is 0 Å². The highest BCUT2D eigenvalue weighted by Crippen LogP contribution is 2.34. The molecule has 0 aliphatic heterocycles. The molecule has 136 valence electrons. The van der Waals surface area contributed by atoms with Crippen LogP contribution < -0.4 is 10.6 Å². The van der Waals surface area contributed by atoms with Crippen LogP contribution in [0.1, 0.15) is 40.2 Å². The predicted molar refractivity (Wildman–Crippen MR) is 103 cm³/mol. The lowest BCUT2D eigenvalue weighted by Crippen LogP contribution is -2.22. The quantitative estimate of drug-likeness (QED) is 0.724. The first kappa shape index (κ1) is 19.5. The monoisotopic (exact) mass is 371 g/mol. The molecule has 0 spiro atoms. The van der Waals surface area contributed by atoms with Gasteiger partial charge in [0.2, 0.25) is 5.91 Å². The number of carbonyl (C=O) groups is 2. The highest BCUT2D eigenvalue weighted by molar-refractivity contribution is 7.17. The Kier molecular flexibility index (Phi) is 6.75. The molecule has 2 aromatic rings. The standard InChI is InChI=1S/C19H21N3O3S/c1-4-15-12(3)17(19(24)25-5-2)18(26-15)22-16(23)11-21-14-8-6-7-13(9-14)10-20/h6-9,21H,4-5,11H2,1-3H3,(H,22,23). The molecule has 7 heteroatoms. The van der Waals surface area contributed by atoms with E-state index in [0.717, 1.165) is 16.9 Å². The Hall–Kier alpha value is -2.85. The Labute approximate surface area is 156 Å². The number of benzene rings is 1. The minimum absolute atomic E-state index is 0.0234. The number of nitrogens with zero attached hydrogens (tertiary/aromatic N) is 1. The fraction of sp³-hybridized carbons (Fsp3) is 0.316. The lowest BCUT2D eigenvalue weighted by Gasteiger charge is -2.09. The summed E-state index contributed by atoms with van der Waals surface area (Å²) in [5.74, 6) is -0.701. The first-order chi connectivity index (χ1) is 12.5. The molecular formula is C19H21N3O3S. The summed E-state index contributed by atoms with van der Waals surface area (Å²) >= 11 is 1.39. The van der Waals surface area contributed by atoms with Crippen molar-refractivity contribution >= 4 is 33.9 Å². The number of ether oxygens (including phenoxy) is 1. The van der Waals surface area contributed by atoms with Crippen molar-refractivity contribution in [2.24, 2.45) is 0 Å². The molecular weight excluding hydrogens is 350 g/mol. The highest BCUT2D eigenvalue weighted by Gasteiger charge is 2.22. The fourth-order valence-corrected chi connectivity index (χ4v) is 3.64. The Morgan fingerprint density at radius 2 is 2.08 bits per heavy atom. The second kappa shape index (κ2) is 9.02. The zero-order valence-corrected chi connectivity index (χ0v) is 15.8. The minimum Gasteiger partial charge on any atom is -0.462 e. The molecule has 0 bridgehead atoms. The summed E-state index contributed by atoms with van der Waals surface area (Å²) in [5.41, 5.74) is 2.47. The molecule has 1 amide bonds. The van der Waals surface area contributed by atoms with E-state index in [1.165, 1.54) is 11.3 Å². The van der Waals surface area contributed by atoms with E-state index in [4.69, 9.17) is 10.00 Å². The normalized spacial score (nSPS) is 10.1. The molecule has 2 N–H and O–H groups in total. The number of amides is 1. The van der Waals surface area contributed by atoms with Gasteiger partial charge in [-0.2, -0.15) is 5.26 Å². The third-order valence-corrected chi connectivity index (χ3v) is 5.10. The molecule has 0 radical (unpaired) electrons. The maximum absolute atomic E-state index is 12.3. The summed E-state index contributed by atoms with van der Waals surface area (Å²) in [5, 5.41) is 15.2. The van der Waals surface area contributed by atoms with Crippen LogP contribution in [0.5, 0.6) is 0 Å². The molecule has 1 aromatic carbocycles. The second-order valence-corrected chi connectivity index (χ2v) is 6.63. The van der Waals surface area contributed by atoms with Crippen molar-refractivity contribution in [2.75, 3.05) is 23.8 Å². The average molecular weight is 371 g/mol. The van der Waals surface area contributed by atoms with Crippen molar-refractivity contribution in [1.29, 1.82) is 5.26 Å². The molecule has 1 heterocycles. The van der Waals surface area contributed by atoms with Crippen molar-refractivity contribution < 1.29 is 14.3 Å². The van der Waals surface area contributed by atoms with Gasteiger partial charge in [-0.05, 0) is 44.0 Å². The molecule has 0 saturated heterocycles. The number of anilines is 2. The van der Waals surface area contributed by atoms with Crippen LogP contribution in [0, 0.1) is 18.3 Å². The van der Waals surface area contributed by atoms with E-state index in [1.54, 1.807) is 31.2 Å². The maximum atomic E-state index is 12.3. The molecule has 6 nitrogen and oxygen atoms in total. The number of thiophene rings is 1. The van der Waals surface area contributed by atoms with Crippen LogP contribution in [0.4, 0.5) is 10.7 Å². The second-order valence-electron chi connectivity index (χ2n) is 5.52. The van der Waals surface area contributed by atoms with Gasteiger partial charge in [-0.15, -0.1) is 11.3 Å². The molecule has 0 aliphatic rings. The van der Waals surface area contributed by atoms with Crippen LogP contribution >= 0.6 is 11.3 Å². The number of hydrogen-bond acceptors (Lipinski definition) is 6. The van der Waals surface area contributed by atoms with Gasteiger partial charge in [0.15, 0.2) is 0 Å². The molecule has 0 aliphatic carbocycles. The zero-order chi connectivity index (χ0) is 19.1. The topological polar surface area (TPSA) is 91.2 Å². The van der Waals surface area contributed by atoms with Gasteiger partial charge in [-0.1, -0.05) is 13.0 Å². The van der Waals surface area contributed by atoms with Crippen molar-refractivity contribution in [3.8, 4) is 6.07 Å². The summed E-state index contributed by atoms with van der Waals surface area (Å²) in [6.07, 6.45) is 0.776. The van der Waals surface area contributed by atoms with Gasteiger partial charge in [0.05, 0.1) is 30.3 Å². The first-order valence-corrected chi connectivity index (χ1v) is 9.15. The minimum atomic E-state index is -0.425. The lowest BCUT2D eigenvalue weighted by atomic mass is 10.1. The number of hydrogen-bond donors (Lipinski definition) is 2.